The van der Waals surface area contributed by atoms with Crippen molar-refractivity contribution in [2.24, 2.45) is 0 Å². The number of amides is 1. The van der Waals surface area contributed by atoms with Crippen LogP contribution in [0.25, 0.3) is 0 Å². The van der Waals surface area contributed by atoms with Gasteiger partial charge in [-0.15, -0.1) is 0 Å². The number of pyridine rings is 1. The van der Waals surface area contributed by atoms with Gasteiger partial charge in [0.2, 0.25) is 0 Å². The van der Waals surface area contributed by atoms with E-state index in [-0.39, 0.29) is 5.56 Å². The number of anilines is 1. The topological polar surface area (TPSA) is 51.2 Å². The number of nitrogens with zero attached hydrogens (tertiary/aromatic N) is 1. The van der Waals surface area contributed by atoms with Crippen LogP contribution in [0, 0.1) is 12.7 Å². The molecule has 1 amide bonds. The fraction of sp³-hybridized carbons (Fsp3) is 0.143. The van der Waals surface area contributed by atoms with E-state index in [4.69, 9.17) is 4.74 Å². The molecular weight excluding hydrogens is 247 g/mol. The first-order valence-electron chi connectivity index (χ1n) is 5.67. The average molecular weight is 260 g/mol. The van der Waals surface area contributed by atoms with E-state index in [1.165, 1.54) is 19.4 Å². The lowest BCUT2D eigenvalue weighted by molar-refractivity contribution is 0.102. The third kappa shape index (κ3) is 2.88. The van der Waals surface area contributed by atoms with Gasteiger partial charge in [-0.05, 0) is 30.7 Å². The molecule has 2 rings (SSSR count). The highest BCUT2D eigenvalue weighted by Gasteiger charge is 2.13. The summed E-state index contributed by atoms with van der Waals surface area (Å²) in [5.74, 6) is -0.677. The van der Waals surface area contributed by atoms with Crippen LogP contribution in [0.15, 0.2) is 36.7 Å². The summed E-state index contributed by atoms with van der Waals surface area (Å²) in [6, 6.07) is 6.69. The summed E-state index contributed by atoms with van der Waals surface area (Å²) in [6.45, 7) is 1.89. The number of aromatic nitrogens is 1. The van der Waals surface area contributed by atoms with Crippen LogP contribution in [0.5, 0.6) is 5.75 Å². The number of hydrogen-bond donors (Lipinski definition) is 1. The maximum absolute atomic E-state index is 13.4. The second-order valence-electron chi connectivity index (χ2n) is 4.01. The Kier molecular flexibility index (Phi) is 3.75. The second-order valence-corrected chi connectivity index (χ2v) is 4.01. The van der Waals surface area contributed by atoms with Gasteiger partial charge in [0, 0.05) is 6.20 Å². The molecule has 19 heavy (non-hydrogen) atoms. The smallest absolute Gasteiger partial charge is 0.258 e. The van der Waals surface area contributed by atoms with Crippen molar-refractivity contribution < 1.29 is 13.9 Å². The van der Waals surface area contributed by atoms with Gasteiger partial charge in [-0.2, -0.15) is 0 Å². The van der Waals surface area contributed by atoms with Crippen molar-refractivity contribution in [1.82, 2.24) is 4.98 Å². The van der Waals surface area contributed by atoms with Crippen molar-refractivity contribution in [2.45, 2.75) is 6.92 Å². The molecule has 0 bridgehead atoms. The van der Waals surface area contributed by atoms with Crippen molar-refractivity contribution in [1.29, 1.82) is 0 Å². The first kappa shape index (κ1) is 13.0. The molecule has 0 saturated heterocycles. The number of hydrogen-bond acceptors (Lipinski definition) is 3. The first-order valence-corrected chi connectivity index (χ1v) is 5.67. The monoisotopic (exact) mass is 260 g/mol. The molecule has 0 radical (unpaired) electrons. The summed E-state index contributed by atoms with van der Waals surface area (Å²) in [5, 5.41) is 2.63. The summed E-state index contributed by atoms with van der Waals surface area (Å²) in [7, 11) is 1.51. The summed E-state index contributed by atoms with van der Waals surface area (Å²) in [5.41, 5.74) is 1.41. The molecule has 98 valence electrons. The number of ether oxygens (including phenoxy) is 1. The standard InChI is InChI=1S/C14H13FN2O2/c1-9-3-4-13(19-2)12(7-9)17-14(18)10-5-6-16-8-11(10)15/h3-8H,1-2H3,(H,17,18). The number of nitrogens with one attached hydrogen (secondary N) is 1. The summed E-state index contributed by atoms with van der Waals surface area (Å²) in [6.07, 6.45) is 2.37. The minimum absolute atomic E-state index is 0.0569. The van der Waals surface area contributed by atoms with E-state index >= 15 is 0 Å². The lowest BCUT2D eigenvalue weighted by Gasteiger charge is -2.11. The molecule has 1 aromatic carbocycles. The highest BCUT2D eigenvalue weighted by atomic mass is 19.1. The van der Waals surface area contributed by atoms with Gasteiger partial charge in [-0.3, -0.25) is 9.78 Å². The SMILES string of the molecule is COc1ccc(C)cc1NC(=O)c1ccncc1F. The first-order chi connectivity index (χ1) is 9.11. The Bertz CT molecular complexity index is 614. The average Bonchev–Trinajstić information content (AvgIpc) is 2.39. The summed E-state index contributed by atoms with van der Waals surface area (Å²) in [4.78, 5) is 15.6. The van der Waals surface area contributed by atoms with E-state index in [0.29, 0.717) is 11.4 Å². The molecule has 1 aromatic heterocycles. The van der Waals surface area contributed by atoms with Crippen LogP contribution >= 0.6 is 0 Å². The van der Waals surface area contributed by atoms with Gasteiger partial charge in [-0.1, -0.05) is 6.07 Å². The van der Waals surface area contributed by atoms with Gasteiger partial charge in [0.25, 0.3) is 5.91 Å². The second kappa shape index (κ2) is 5.48. The zero-order chi connectivity index (χ0) is 13.8. The van der Waals surface area contributed by atoms with Gasteiger partial charge in [0.05, 0.1) is 24.6 Å². The maximum Gasteiger partial charge on any atom is 0.258 e. The Hall–Kier alpha value is -2.43. The van der Waals surface area contributed by atoms with Crippen molar-refractivity contribution in [3.05, 3.63) is 53.6 Å². The van der Waals surface area contributed by atoms with Gasteiger partial charge in [-0.25, -0.2) is 4.39 Å². The largest absolute Gasteiger partial charge is 0.495 e. The molecule has 1 heterocycles. The molecule has 0 aliphatic rings. The van der Waals surface area contributed by atoms with Crippen molar-refractivity contribution in [3.63, 3.8) is 0 Å². The molecule has 2 aromatic rings. The van der Waals surface area contributed by atoms with Crippen LogP contribution in [0.2, 0.25) is 0 Å². The van der Waals surface area contributed by atoms with Crippen LogP contribution in [0.3, 0.4) is 0 Å². The van der Waals surface area contributed by atoms with E-state index in [9.17, 15) is 9.18 Å². The molecule has 0 fully saturated rings. The fourth-order valence-electron chi connectivity index (χ4n) is 1.67. The summed E-state index contributed by atoms with van der Waals surface area (Å²) >= 11 is 0. The zero-order valence-electron chi connectivity index (χ0n) is 10.6. The van der Waals surface area contributed by atoms with Crippen LogP contribution in [0.4, 0.5) is 10.1 Å². The van der Waals surface area contributed by atoms with E-state index in [2.05, 4.69) is 10.3 Å². The van der Waals surface area contributed by atoms with Crippen LogP contribution < -0.4 is 10.1 Å². The third-order valence-electron chi connectivity index (χ3n) is 2.62. The lowest BCUT2D eigenvalue weighted by Crippen LogP contribution is -2.14. The molecule has 0 aliphatic heterocycles. The number of aryl methyl sites for hydroxylation is 1. The molecule has 0 aliphatic carbocycles. The molecule has 0 spiro atoms. The Labute approximate surface area is 110 Å². The Morgan fingerprint density at radius 2 is 2.16 bits per heavy atom. The van der Waals surface area contributed by atoms with Gasteiger partial charge in [0.15, 0.2) is 5.82 Å². The minimum Gasteiger partial charge on any atom is -0.495 e. The van der Waals surface area contributed by atoms with E-state index in [0.717, 1.165) is 11.8 Å². The summed E-state index contributed by atoms with van der Waals surface area (Å²) < 4.78 is 18.6. The van der Waals surface area contributed by atoms with Crippen molar-refractivity contribution >= 4 is 11.6 Å². The minimum atomic E-state index is -0.661. The molecule has 4 nitrogen and oxygen atoms in total. The molecule has 5 heteroatoms. The number of methoxy groups -OCH3 is 1. The van der Waals surface area contributed by atoms with Crippen molar-refractivity contribution in [2.75, 3.05) is 12.4 Å². The Morgan fingerprint density at radius 1 is 1.37 bits per heavy atom. The van der Waals surface area contributed by atoms with Crippen LogP contribution in [-0.2, 0) is 0 Å². The van der Waals surface area contributed by atoms with Crippen LogP contribution in [-0.4, -0.2) is 18.0 Å². The maximum atomic E-state index is 13.4. The quantitative estimate of drug-likeness (QED) is 0.923. The molecular formula is C14H13FN2O2. The fourth-order valence-corrected chi connectivity index (χ4v) is 1.67. The number of carbonyl (C=O) groups is 1. The Morgan fingerprint density at radius 3 is 2.84 bits per heavy atom. The highest BCUT2D eigenvalue weighted by Crippen LogP contribution is 2.25. The van der Waals surface area contributed by atoms with Crippen molar-refractivity contribution in [3.8, 4) is 5.75 Å². The number of carbonyl (C=O) groups excluding carboxylic acids is 1. The normalized spacial score (nSPS) is 10.1. The molecule has 0 atom stereocenters. The van der Waals surface area contributed by atoms with E-state index in [1.807, 2.05) is 13.0 Å². The lowest BCUT2D eigenvalue weighted by atomic mass is 10.2. The predicted molar refractivity (Wildman–Crippen MR) is 69.9 cm³/mol. The molecule has 1 N–H and O–H groups in total. The van der Waals surface area contributed by atoms with E-state index in [1.54, 1.807) is 12.1 Å². The highest BCUT2D eigenvalue weighted by molar-refractivity contribution is 6.05. The number of benzene rings is 1. The number of rotatable bonds is 3. The van der Waals surface area contributed by atoms with Gasteiger partial charge in [0.1, 0.15) is 5.75 Å². The molecule has 0 unspecified atom stereocenters. The van der Waals surface area contributed by atoms with Gasteiger partial charge < -0.3 is 10.1 Å². The Balaban J connectivity index is 2.29. The molecule has 0 saturated carbocycles. The number of halogens is 1. The van der Waals surface area contributed by atoms with Gasteiger partial charge >= 0.3 is 0 Å². The third-order valence-corrected chi connectivity index (χ3v) is 2.62. The zero-order valence-corrected chi connectivity index (χ0v) is 10.6. The van der Waals surface area contributed by atoms with E-state index < -0.39 is 11.7 Å². The predicted octanol–water partition coefficient (Wildman–Crippen LogP) is 2.79. The van der Waals surface area contributed by atoms with Crippen LogP contribution in [0.1, 0.15) is 15.9 Å².